The zero-order chi connectivity index (χ0) is 17.9. The van der Waals surface area contributed by atoms with E-state index >= 15 is 0 Å². The molecule has 2 aromatic rings. The number of carbonyl (C=O) groups excluding carboxylic acids is 2. The molecular weight excluding hydrogens is 332 g/mol. The van der Waals surface area contributed by atoms with E-state index in [1.54, 1.807) is 17.8 Å². The van der Waals surface area contributed by atoms with Crippen LogP contribution in [0.2, 0.25) is 0 Å². The van der Waals surface area contributed by atoms with Crippen LogP contribution in [-0.2, 0) is 15.3 Å². The van der Waals surface area contributed by atoms with E-state index in [0.717, 1.165) is 17.1 Å². The van der Waals surface area contributed by atoms with E-state index in [4.69, 9.17) is 0 Å². The average Bonchev–Trinajstić information content (AvgIpc) is 2.62. The maximum Gasteiger partial charge on any atom is 0.267 e. The summed E-state index contributed by atoms with van der Waals surface area (Å²) in [5, 5.41) is 5.45. The SMILES string of the molecule is CC(=O)N/C(=C\c1ccccc1)C(=O)NCCSCc1ccccc1. The van der Waals surface area contributed by atoms with Gasteiger partial charge in [0, 0.05) is 25.0 Å². The summed E-state index contributed by atoms with van der Waals surface area (Å²) < 4.78 is 0. The van der Waals surface area contributed by atoms with Gasteiger partial charge in [0.25, 0.3) is 5.91 Å². The van der Waals surface area contributed by atoms with Gasteiger partial charge in [-0.3, -0.25) is 9.59 Å². The fraction of sp³-hybridized carbons (Fsp3) is 0.200. The smallest absolute Gasteiger partial charge is 0.267 e. The molecule has 130 valence electrons. The Morgan fingerprint density at radius 2 is 1.64 bits per heavy atom. The molecule has 0 saturated heterocycles. The van der Waals surface area contributed by atoms with Crippen LogP contribution in [0.5, 0.6) is 0 Å². The molecule has 4 nitrogen and oxygen atoms in total. The molecule has 2 N–H and O–H groups in total. The summed E-state index contributed by atoms with van der Waals surface area (Å²) in [6.45, 7) is 1.93. The Balaban J connectivity index is 1.83. The number of carbonyl (C=O) groups is 2. The number of nitrogens with one attached hydrogen (secondary N) is 2. The Morgan fingerprint density at radius 1 is 1.00 bits per heavy atom. The minimum atomic E-state index is -0.278. The Morgan fingerprint density at radius 3 is 2.28 bits per heavy atom. The summed E-state index contributed by atoms with van der Waals surface area (Å²) in [6, 6.07) is 19.6. The minimum absolute atomic E-state index is 0.256. The number of thioether (sulfide) groups is 1. The zero-order valence-corrected chi connectivity index (χ0v) is 15.0. The normalized spacial score (nSPS) is 11.0. The first kappa shape index (κ1) is 18.8. The van der Waals surface area contributed by atoms with Gasteiger partial charge in [-0.05, 0) is 17.2 Å². The number of hydrogen-bond acceptors (Lipinski definition) is 3. The van der Waals surface area contributed by atoms with Gasteiger partial charge < -0.3 is 10.6 Å². The van der Waals surface area contributed by atoms with Gasteiger partial charge in [0.2, 0.25) is 5.91 Å². The number of benzene rings is 2. The molecule has 0 unspecified atom stereocenters. The predicted octanol–water partition coefficient (Wildman–Crippen LogP) is 3.21. The van der Waals surface area contributed by atoms with Crippen molar-refractivity contribution in [2.24, 2.45) is 0 Å². The third-order valence-electron chi connectivity index (χ3n) is 3.31. The third kappa shape index (κ3) is 7.27. The van der Waals surface area contributed by atoms with E-state index in [9.17, 15) is 9.59 Å². The lowest BCUT2D eigenvalue weighted by atomic mass is 10.2. The van der Waals surface area contributed by atoms with Crippen molar-refractivity contribution in [2.45, 2.75) is 12.7 Å². The lowest BCUT2D eigenvalue weighted by molar-refractivity contribution is -0.122. The van der Waals surface area contributed by atoms with E-state index < -0.39 is 0 Å². The maximum atomic E-state index is 12.3. The fourth-order valence-corrected chi connectivity index (χ4v) is 2.98. The Kier molecular flexibility index (Phi) is 7.79. The maximum absolute atomic E-state index is 12.3. The second-order valence-corrected chi connectivity index (χ2v) is 6.55. The molecular formula is C20H22N2O2S. The lowest BCUT2D eigenvalue weighted by Crippen LogP contribution is -2.34. The number of amides is 2. The Labute approximate surface area is 152 Å². The molecule has 0 atom stereocenters. The third-order valence-corrected chi connectivity index (χ3v) is 4.34. The highest BCUT2D eigenvalue weighted by Crippen LogP contribution is 2.11. The minimum Gasteiger partial charge on any atom is -0.350 e. The topological polar surface area (TPSA) is 58.2 Å². The van der Waals surface area contributed by atoms with Gasteiger partial charge in [-0.1, -0.05) is 60.7 Å². The standard InChI is InChI=1S/C20H22N2O2S/c1-16(23)22-19(14-17-8-4-2-5-9-17)20(24)21-12-13-25-15-18-10-6-3-7-11-18/h2-11,14H,12-13,15H2,1H3,(H,21,24)(H,22,23)/b19-14-. The molecule has 0 aliphatic heterocycles. The van der Waals surface area contributed by atoms with E-state index in [0.29, 0.717) is 6.54 Å². The van der Waals surface area contributed by atoms with Gasteiger partial charge in [-0.2, -0.15) is 11.8 Å². The molecule has 25 heavy (non-hydrogen) atoms. The zero-order valence-electron chi connectivity index (χ0n) is 14.2. The van der Waals surface area contributed by atoms with E-state index in [-0.39, 0.29) is 17.5 Å². The highest BCUT2D eigenvalue weighted by Gasteiger charge is 2.10. The molecule has 0 bridgehead atoms. The summed E-state index contributed by atoms with van der Waals surface area (Å²) in [7, 11) is 0. The first-order chi connectivity index (χ1) is 12.1. The van der Waals surface area contributed by atoms with Crippen molar-refractivity contribution in [1.82, 2.24) is 10.6 Å². The molecule has 0 aromatic heterocycles. The molecule has 2 rings (SSSR count). The Bertz CT molecular complexity index is 715. The monoisotopic (exact) mass is 354 g/mol. The summed E-state index contributed by atoms with van der Waals surface area (Å²) in [4.78, 5) is 23.7. The quantitative estimate of drug-likeness (QED) is 0.565. The van der Waals surface area contributed by atoms with Crippen LogP contribution in [0.4, 0.5) is 0 Å². The summed E-state index contributed by atoms with van der Waals surface area (Å²) in [5.74, 6) is 1.17. The fourth-order valence-electron chi connectivity index (χ4n) is 2.16. The molecule has 0 saturated carbocycles. The van der Waals surface area contributed by atoms with E-state index in [1.165, 1.54) is 12.5 Å². The second kappa shape index (κ2) is 10.4. The molecule has 2 aromatic carbocycles. The number of rotatable bonds is 8. The summed E-state index contributed by atoms with van der Waals surface area (Å²) >= 11 is 1.76. The van der Waals surface area contributed by atoms with Crippen LogP contribution in [0.25, 0.3) is 6.08 Å². The summed E-state index contributed by atoms with van der Waals surface area (Å²) in [5.41, 5.74) is 2.38. The Hall–Kier alpha value is -2.53. The molecule has 5 heteroatoms. The van der Waals surface area contributed by atoms with Crippen molar-refractivity contribution in [3.63, 3.8) is 0 Å². The summed E-state index contributed by atoms with van der Waals surface area (Å²) in [6.07, 6.45) is 1.67. The molecule has 0 aliphatic rings. The van der Waals surface area contributed by atoms with Gasteiger partial charge in [-0.15, -0.1) is 0 Å². The molecule has 0 fully saturated rings. The second-order valence-electron chi connectivity index (χ2n) is 5.44. The van der Waals surface area contributed by atoms with Crippen molar-refractivity contribution in [1.29, 1.82) is 0 Å². The van der Waals surface area contributed by atoms with Crippen molar-refractivity contribution >= 4 is 29.7 Å². The van der Waals surface area contributed by atoms with E-state index in [1.807, 2.05) is 48.5 Å². The van der Waals surface area contributed by atoms with Gasteiger partial charge in [0.05, 0.1) is 0 Å². The van der Waals surface area contributed by atoms with Crippen LogP contribution in [0.1, 0.15) is 18.1 Å². The van der Waals surface area contributed by atoms with Gasteiger partial charge in [-0.25, -0.2) is 0 Å². The predicted molar refractivity (Wildman–Crippen MR) is 104 cm³/mol. The highest BCUT2D eigenvalue weighted by atomic mass is 32.2. The molecule has 0 heterocycles. The molecule has 0 spiro atoms. The van der Waals surface area contributed by atoms with Crippen LogP contribution in [0.3, 0.4) is 0 Å². The first-order valence-electron chi connectivity index (χ1n) is 8.09. The largest absolute Gasteiger partial charge is 0.350 e. The molecule has 0 aliphatic carbocycles. The lowest BCUT2D eigenvalue weighted by Gasteiger charge is -2.10. The van der Waals surface area contributed by atoms with Crippen LogP contribution < -0.4 is 10.6 Å². The van der Waals surface area contributed by atoms with Gasteiger partial charge >= 0.3 is 0 Å². The number of hydrogen-bond donors (Lipinski definition) is 2. The molecule has 2 amide bonds. The van der Waals surface area contributed by atoms with Gasteiger partial charge in [0.15, 0.2) is 0 Å². The van der Waals surface area contributed by atoms with E-state index in [2.05, 4.69) is 22.8 Å². The van der Waals surface area contributed by atoms with Crippen molar-refractivity contribution in [2.75, 3.05) is 12.3 Å². The first-order valence-corrected chi connectivity index (χ1v) is 9.25. The van der Waals surface area contributed by atoms with Crippen molar-refractivity contribution in [3.8, 4) is 0 Å². The van der Waals surface area contributed by atoms with Crippen LogP contribution >= 0.6 is 11.8 Å². The molecule has 0 radical (unpaired) electrons. The van der Waals surface area contributed by atoms with Crippen LogP contribution in [-0.4, -0.2) is 24.1 Å². The van der Waals surface area contributed by atoms with Crippen LogP contribution in [0, 0.1) is 0 Å². The van der Waals surface area contributed by atoms with Crippen molar-refractivity contribution < 1.29 is 9.59 Å². The average molecular weight is 354 g/mol. The van der Waals surface area contributed by atoms with Crippen LogP contribution in [0.15, 0.2) is 66.4 Å². The van der Waals surface area contributed by atoms with Gasteiger partial charge in [0.1, 0.15) is 5.70 Å². The highest BCUT2D eigenvalue weighted by molar-refractivity contribution is 7.98. The van der Waals surface area contributed by atoms with Crippen molar-refractivity contribution in [3.05, 3.63) is 77.5 Å².